The Morgan fingerprint density at radius 3 is 2.71 bits per heavy atom. The number of hydrogen-bond acceptors (Lipinski definition) is 4. The van der Waals surface area contributed by atoms with Crippen LogP contribution in [0.4, 0.5) is 4.79 Å². The lowest BCUT2D eigenvalue weighted by Gasteiger charge is -2.33. The molecule has 1 heterocycles. The highest BCUT2D eigenvalue weighted by Crippen LogP contribution is 2.33. The number of carbonyl (C=O) groups excluding carboxylic acids is 2. The van der Waals surface area contributed by atoms with Crippen molar-refractivity contribution in [2.24, 2.45) is 0 Å². The van der Waals surface area contributed by atoms with E-state index in [0.29, 0.717) is 16.8 Å². The molecule has 2 N–H and O–H groups in total. The average molecular weight is 311 g/mol. The number of allylic oxidation sites excluding steroid dienone is 1. The van der Waals surface area contributed by atoms with Crippen LogP contribution in [0.25, 0.3) is 0 Å². The summed E-state index contributed by atoms with van der Waals surface area (Å²) >= 11 is 5.89. The zero-order valence-electron chi connectivity index (χ0n) is 11.8. The molecule has 0 spiro atoms. The second kappa shape index (κ2) is 5.65. The third-order valence-electron chi connectivity index (χ3n) is 3.46. The van der Waals surface area contributed by atoms with Gasteiger partial charge in [-0.2, -0.15) is 0 Å². The third kappa shape index (κ3) is 2.67. The normalized spacial score (nSPS) is 18.6. The first-order chi connectivity index (χ1) is 9.86. The first-order valence-corrected chi connectivity index (χ1v) is 6.56. The number of hydrogen-bond donors (Lipinski definition) is 2. The number of methoxy groups -OCH3 is 1. The van der Waals surface area contributed by atoms with E-state index in [1.165, 1.54) is 24.1 Å². The number of nitrogens with one attached hydrogen (secondary N) is 1. The maximum absolute atomic E-state index is 12.0. The second-order valence-corrected chi connectivity index (χ2v) is 5.05. The van der Waals surface area contributed by atoms with Crippen molar-refractivity contribution in [2.75, 3.05) is 14.2 Å². The fourth-order valence-electron chi connectivity index (χ4n) is 2.16. The number of phenols is 1. The summed E-state index contributed by atoms with van der Waals surface area (Å²) in [5.41, 5.74) is 1.40. The van der Waals surface area contributed by atoms with Crippen LogP contribution in [0.5, 0.6) is 5.75 Å². The van der Waals surface area contributed by atoms with E-state index in [4.69, 9.17) is 16.3 Å². The lowest BCUT2D eigenvalue weighted by molar-refractivity contribution is -0.136. The van der Waals surface area contributed by atoms with E-state index in [9.17, 15) is 14.7 Å². The van der Waals surface area contributed by atoms with Crippen molar-refractivity contribution in [3.63, 3.8) is 0 Å². The maximum Gasteiger partial charge on any atom is 0.337 e. The second-order valence-electron chi connectivity index (χ2n) is 4.64. The van der Waals surface area contributed by atoms with E-state index in [2.05, 4.69) is 5.32 Å². The van der Waals surface area contributed by atoms with Gasteiger partial charge in [0, 0.05) is 12.7 Å². The van der Waals surface area contributed by atoms with Gasteiger partial charge >= 0.3 is 12.0 Å². The summed E-state index contributed by atoms with van der Waals surface area (Å²) < 4.78 is 4.79. The van der Waals surface area contributed by atoms with Crippen molar-refractivity contribution in [2.45, 2.75) is 13.0 Å². The van der Waals surface area contributed by atoms with Gasteiger partial charge in [-0.05, 0) is 24.6 Å². The molecule has 0 aliphatic carbocycles. The number of amides is 2. The Labute approximate surface area is 126 Å². The van der Waals surface area contributed by atoms with Crippen LogP contribution in [-0.2, 0) is 9.53 Å². The van der Waals surface area contributed by atoms with Gasteiger partial charge in [0.25, 0.3) is 0 Å². The summed E-state index contributed by atoms with van der Waals surface area (Å²) in [5.74, 6) is -0.603. The largest absolute Gasteiger partial charge is 0.506 e. The van der Waals surface area contributed by atoms with Gasteiger partial charge in [0.05, 0.1) is 23.7 Å². The third-order valence-corrected chi connectivity index (χ3v) is 3.77. The van der Waals surface area contributed by atoms with Gasteiger partial charge in [-0.25, -0.2) is 9.59 Å². The molecule has 2 amide bonds. The molecule has 1 aliphatic rings. The molecule has 0 fully saturated rings. The molecule has 0 aromatic heterocycles. The molecule has 6 nitrogen and oxygen atoms in total. The van der Waals surface area contributed by atoms with E-state index in [1.54, 1.807) is 20.0 Å². The first kappa shape index (κ1) is 15.2. The van der Waals surface area contributed by atoms with Crippen molar-refractivity contribution >= 4 is 23.6 Å². The van der Waals surface area contributed by atoms with E-state index in [-0.39, 0.29) is 16.8 Å². The summed E-state index contributed by atoms with van der Waals surface area (Å²) in [6, 6.07) is 3.48. The molecule has 7 heteroatoms. The minimum atomic E-state index is -0.681. The maximum atomic E-state index is 12.0. The Hall–Kier alpha value is -2.21. The fraction of sp³-hybridized carbons (Fsp3) is 0.286. The van der Waals surface area contributed by atoms with E-state index in [1.807, 2.05) is 0 Å². The van der Waals surface area contributed by atoms with Crippen molar-refractivity contribution in [3.05, 3.63) is 40.1 Å². The van der Waals surface area contributed by atoms with Crippen LogP contribution in [0.1, 0.15) is 18.5 Å². The smallest absolute Gasteiger partial charge is 0.337 e. The molecule has 1 aliphatic heterocycles. The Balaban J connectivity index is 2.56. The predicted octanol–water partition coefficient (Wildman–Crippen LogP) is 2.19. The summed E-state index contributed by atoms with van der Waals surface area (Å²) in [5, 5.41) is 12.3. The lowest BCUT2D eigenvalue weighted by Crippen LogP contribution is -2.46. The SMILES string of the molecule is COC(=O)C1=C(C)N(C)C(=O)NC1c1ccc(O)c(Cl)c1. The number of carbonyl (C=O) groups is 2. The number of ether oxygens (including phenoxy) is 1. The molecule has 21 heavy (non-hydrogen) atoms. The van der Waals surface area contributed by atoms with Gasteiger partial charge in [-0.1, -0.05) is 17.7 Å². The average Bonchev–Trinajstić information content (AvgIpc) is 2.46. The number of halogens is 1. The summed E-state index contributed by atoms with van der Waals surface area (Å²) in [7, 11) is 2.84. The number of nitrogens with zero attached hydrogens (tertiary/aromatic N) is 1. The Morgan fingerprint density at radius 1 is 1.48 bits per heavy atom. The molecule has 1 aromatic carbocycles. The topological polar surface area (TPSA) is 78.9 Å². The van der Waals surface area contributed by atoms with Crippen LogP contribution in [0, 0.1) is 0 Å². The molecule has 1 unspecified atom stereocenters. The molecule has 1 aromatic rings. The van der Waals surface area contributed by atoms with Crippen LogP contribution >= 0.6 is 11.6 Å². The first-order valence-electron chi connectivity index (χ1n) is 6.18. The molecule has 0 saturated carbocycles. The molecular weight excluding hydrogens is 296 g/mol. The molecule has 1 atom stereocenters. The van der Waals surface area contributed by atoms with Crippen LogP contribution in [0.15, 0.2) is 29.5 Å². The molecule has 0 radical (unpaired) electrons. The van der Waals surface area contributed by atoms with Crippen LogP contribution in [0.2, 0.25) is 5.02 Å². The Bertz CT molecular complexity index is 642. The minimum Gasteiger partial charge on any atom is -0.506 e. The summed E-state index contributed by atoms with van der Waals surface area (Å²) in [6.07, 6.45) is 0. The highest BCUT2D eigenvalue weighted by molar-refractivity contribution is 6.32. The number of benzene rings is 1. The van der Waals surface area contributed by atoms with Crippen LogP contribution < -0.4 is 5.32 Å². The molecular formula is C14H15ClN2O4. The zero-order valence-corrected chi connectivity index (χ0v) is 12.6. The number of esters is 1. The standard InChI is InChI=1S/C14H15ClN2O4/c1-7-11(13(19)21-3)12(16-14(20)17(7)2)8-4-5-10(18)9(15)6-8/h4-6,12,18H,1-3H3,(H,16,20). The molecule has 0 bridgehead atoms. The van der Waals surface area contributed by atoms with E-state index >= 15 is 0 Å². The van der Waals surface area contributed by atoms with Gasteiger partial charge in [0.15, 0.2) is 0 Å². The van der Waals surface area contributed by atoms with Gasteiger partial charge in [-0.3, -0.25) is 0 Å². The monoisotopic (exact) mass is 310 g/mol. The van der Waals surface area contributed by atoms with Crippen LogP contribution in [0.3, 0.4) is 0 Å². The summed E-state index contributed by atoms with van der Waals surface area (Å²) in [4.78, 5) is 25.3. The van der Waals surface area contributed by atoms with Crippen molar-refractivity contribution in [3.8, 4) is 5.75 Å². The molecule has 0 saturated heterocycles. The molecule has 2 rings (SSSR count). The number of phenolic OH excluding ortho intramolecular Hbond substituents is 1. The quantitative estimate of drug-likeness (QED) is 0.821. The minimum absolute atomic E-state index is 0.0695. The number of aromatic hydroxyl groups is 1. The number of rotatable bonds is 2. The number of urea groups is 1. The Kier molecular flexibility index (Phi) is 4.09. The van der Waals surface area contributed by atoms with E-state index < -0.39 is 12.0 Å². The van der Waals surface area contributed by atoms with Crippen molar-refractivity contribution < 1.29 is 19.4 Å². The van der Waals surface area contributed by atoms with Gasteiger partial charge in [-0.15, -0.1) is 0 Å². The van der Waals surface area contributed by atoms with Gasteiger partial charge in [0.2, 0.25) is 0 Å². The van der Waals surface area contributed by atoms with Gasteiger partial charge in [0.1, 0.15) is 5.75 Å². The van der Waals surface area contributed by atoms with Gasteiger partial charge < -0.3 is 20.1 Å². The predicted molar refractivity (Wildman–Crippen MR) is 76.9 cm³/mol. The Morgan fingerprint density at radius 2 is 2.14 bits per heavy atom. The summed E-state index contributed by atoms with van der Waals surface area (Å²) in [6.45, 7) is 1.67. The highest BCUT2D eigenvalue weighted by Gasteiger charge is 2.34. The van der Waals surface area contributed by atoms with Crippen molar-refractivity contribution in [1.82, 2.24) is 10.2 Å². The van der Waals surface area contributed by atoms with E-state index in [0.717, 1.165) is 0 Å². The molecule has 112 valence electrons. The fourth-order valence-corrected chi connectivity index (χ4v) is 2.35. The van der Waals surface area contributed by atoms with Crippen molar-refractivity contribution in [1.29, 1.82) is 0 Å². The van der Waals surface area contributed by atoms with Crippen LogP contribution in [-0.4, -0.2) is 36.2 Å². The lowest BCUT2D eigenvalue weighted by atomic mass is 9.95. The zero-order chi connectivity index (χ0) is 15.7. The highest BCUT2D eigenvalue weighted by atomic mass is 35.5.